The summed E-state index contributed by atoms with van der Waals surface area (Å²) in [6, 6.07) is 4.00. The van der Waals surface area contributed by atoms with Crippen molar-refractivity contribution in [1.82, 2.24) is 15.1 Å². The Morgan fingerprint density at radius 3 is 2.88 bits per heavy atom. The van der Waals surface area contributed by atoms with E-state index in [0.717, 1.165) is 31.2 Å². The van der Waals surface area contributed by atoms with Gasteiger partial charge in [-0.3, -0.25) is 4.79 Å². The summed E-state index contributed by atoms with van der Waals surface area (Å²) in [5.41, 5.74) is 0.820. The molecule has 7 nitrogen and oxygen atoms in total. The van der Waals surface area contributed by atoms with Crippen LogP contribution in [0.5, 0.6) is 0 Å². The third-order valence-electron chi connectivity index (χ3n) is 5.50. The van der Waals surface area contributed by atoms with E-state index in [1.807, 2.05) is 24.0 Å². The molecule has 0 aliphatic carbocycles. The Morgan fingerprint density at radius 2 is 2.12 bits per heavy atom. The van der Waals surface area contributed by atoms with Crippen LogP contribution in [0.1, 0.15) is 12.1 Å². The molecule has 0 aromatic carbocycles. The monoisotopic (exact) mass is 332 g/mol. The van der Waals surface area contributed by atoms with Crippen molar-refractivity contribution in [3.8, 4) is 0 Å². The highest BCUT2D eigenvalue weighted by Crippen LogP contribution is 2.45. The van der Waals surface area contributed by atoms with Gasteiger partial charge in [-0.1, -0.05) is 0 Å². The summed E-state index contributed by atoms with van der Waals surface area (Å²) in [4.78, 5) is 16.9. The van der Waals surface area contributed by atoms with Gasteiger partial charge in [0.1, 0.15) is 0 Å². The van der Waals surface area contributed by atoms with Crippen LogP contribution in [-0.2, 0) is 14.3 Å². The number of rotatable bonds is 3. The van der Waals surface area contributed by atoms with Crippen molar-refractivity contribution >= 4 is 11.7 Å². The Morgan fingerprint density at radius 1 is 1.29 bits per heavy atom. The number of carbonyl (C=O) groups excluding carboxylic acids is 1. The number of hydrogen-bond acceptors (Lipinski definition) is 6. The number of ether oxygens (including phenoxy) is 2. The van der Waals surface area contributed by atoms with Crippen LogP contribution in [0.15, 0.2) is 12.1 Å². The quantitative estimate of drug-likeness (QED) is 0.802. The number of amides is 1. The highest BCUT2D eigenvalue weighted by molar-refractivity contribution is 5.77. The van der Waals surface area contributed by atoms with Crippen molar-refractivity contribution in [2.24, 2.45) is 11.3 Å². The highest BCUT2D eigenvalue weighted by atomic mass is 16.5. The maximum Gasteiger partial charge on any atom is 0.223 e. The Hall–Kier alpha value is -1.73. The average molecular weight is 332 g/mol. The van der Waals surface area contributed by atoms with Gasteiger partial charge in [0, 0.05) is 43.9 Å². The lowest BCUT2D eigenvalue weighted by molar-refractivity contribution is -0.138. The molecule has 3 saturated heterocycles. The summed E-state index contributed by atoms with van der Waals surface area (Å²) in [7, 11) is 0. The second-order valence-electron chi connectivity index (χ2n) is 7.16. The zero-order valence-corrected chi connectivity index (χ0v) is 14.1. The van der Waals surface area contributed by atoms with E-state index in [-0.39, 0.29) is 11.3 Å². The first kappa shape index (κ1) is 15.8. The molecule has 4 rings (SSSR count). The fourth-order valence-electron chi connectivity index (χ4n) is 4.04. The van der Waals surface area contributed by atoms with Crippen LogP contribution >= 0.6 is 0 Å². The molecule has 0 saturated carbocycles. The van der Waals surface area contributed by atoms with Crippen LogP contribution in [0, 0.1) is 18.3 Å². The van der Waals surface area contributed by atoms with E-state index in [9.17, 15) is 4.79 Å². The number of nitrogens with zero attached hydrogens (tertiary/aromatic N) is 4. The summed E-state index contributed by atoms with van der Waals surface area (Å²) in [5.74, 6) is 1.50. The predicted octanol–water partition coefficient (Wildman–Crippen LogP) is 0.487. The maximum atomic E-state index is 12.7. The fraction of sp³-hybridized carbons (Fsp3) is 0.706. The SMILES string of the molecule is Cc1ccc(N2C[C@@H]3COC[C@]3(CC(=O)N3CCOCC3)C2)nn1. The molecule has 3 aliphatic rings. The predicted molar refractivity (Wildman–Crippen MR) is 87.7 cm³/mol. The zero-order valence-electron chi connectivity index (χ0n) is 14.1. The lowest BCUT2D eigenvalue weighted by Crippen LogP contribution is -2.44. The summed E-state index contributed by atoms with van der Waals surface area (Å²) < 4.78 is 11.1. The molecular formula is C17H24N4O3. The Labute approximate surface area is 141 Å². The molecule has 4 heterocycles. The van der Waals surface area contributed by atoms with Crippen LogP contribution < -0.4 is 4.90 Å². The molecule has 0 unspecified atom stereocenters. The molecular weight excluding hydrogens is 308 g/mol. The summed E-state index contributed by atoms with van der Waals surface area (Å²) in [6.07, 6.45) is 0.549. The molecule has 130 valence electrons. The zero-order chi connectivity index (χ0) is 16.6. The van der Waals surface area contributed by atoms with Gasteiger partial charge in [0.05, 0.1) is 32.1 Å². The van der Waals surface area contributed by atoms with Gasteiger partial charge in [-0.25, -0.2) is 0 Å². The topological polar surface area (TPSA) is 67.8 Å². The second-order valence-corrected chi connectivity index (χ2v) is 7.16. The van der Waals surface area contributed by atoms with Gasteiger partial charge in [0.15, 0.2) is 5.82 Å². The van der Waals surface area contributed by atoms with Crippen molar-refractivity contribution in [2.75, 3.05) is 57.5 Å². The molecule has 24 heavy (non-hydrogen) atoms. The molecule has 0 radical (unpaired) electrons. The molecule has 0 bridgehead atoms. The largest absolute Gasteiger partial charge is 0.380 e. The van der Waals surface area contributed by atoms with Gasteiger partial charge in [-0.2, -0.15) is 5.10 Å². The van der Waals surface area contributed by atoms with Crippen molar-refractivity contribution in [1.29, 1.82) is 0 Å². The molecule has 7 heteroatoms. The molecule has 0 N–H and O–H groups in total. The van der Waals surface area contributed by atoms with Gasteiger partial charge in [-0.15, -0.1) is 5.10 Å². The summed E-state index contributed by atoms with van der Waals surface area (Å²) >= 11 is 0. The fourth-order valence-corrected chi connectivity index (χ4v) is 4.04. The van der Waals surface area contributed by atoms with Crippen LogP contribution in [0.25, 0.3) is 0 Å². The van der Waals surface area contributed by atoms with Gasteiger partial charge in [0.2, 0.25) is 5.91 Å². The smallest absolute Gasteiger partial charge is 0.223 e. The van der Waals surface area contributed by atoms with Gasteiger partial charge >= 0.3 is 0 Å². The van der Waals surface area contributed by atoms with E-state index in [1.165, 1.54) is 0 Å². The molecule has 3 fully saturated rings. The van der Waals surface area contributed by atoms with E-state index in [0.29, 0.717) is 45.2 Å². The number of aryl methyl sites for hydroxylation is 1. The minimum atomic E-state index is -0.0953. The highest BCUT2D eigenvalue weighted by Gasteiger charge is 2.52. The number of anilines is 1. The van der Waals surface area contributed by atoms with Crippen molar-refractivity contribution in [2.45, 2.75) is 13.3 Å². The van der Waals surface area contributed by atoms with E-state index in [1.54, 1.807) is 0 Å². The van der Waals surface area contributed by atoms with Gasteiger partial charge in [-0.05, 0) is 19.1 Å². The van der Waals surface area contributed by atoms with Crippen LogP contribution in [0.4, 0.5) is 5.82 Å². The molecule has 1 aromatic heterocycles. The van der Waals surface area contributed by atoms with E-state index < -0.39 is 0 Å². The molecule has 3 aliphatic heterocycles. The third-order valence-corrected chi connectivity index (χ3v) is 5.50. The number of carbonyl (C=O) groups is 1. The van der Waals surface area contributed by atoms with Gasteiger partial charge in [0.25, 0.3) is 0 Å². The number of hydrogen-bond donors (Lipinski definition) is 0. The first-order valence-electron chi connectivity index (χ1n) is 8.65. The van der Waals surface area contributed by atoms with Gasteiger partial charge < -0.3 is 19.3 Å². The molecule has 2 atom stereocenters. The summed E-state index contributed by atoms with van der Waals surface area (Å²) in [6.45, 7) is 7.70. The van der Waals surface area contributed by atoms with Crippen molar-refractivity contribution < 1.29 is 14.3 Å². The van der Waals surface area contributed by atoms with Crippen LogP contribution in [-0.4, -0.2) is 73.6 Å². The number of fused-ring (bicyclic) bond motifs is 1. The lowest BCUT2D eigenvalue weighted by atomic mass is 9.77. The Bertz CT molecular complexity index is 602. The van der Waals surface area contributed by atoms with Crippen molar-refractivity contribution in [3.63, 3.8) is 0 Å². The maximum absolute atomic E-state index is 12.7. The van der Waals surface area contributed by atoms with Crippen molar-refractivity contribution in [3.05, 3.63) is 17.8 Å². The first-order valence-corrected chi connectivity index (χ1v) is 8.65. The van der Waals surface area contributed by atoms with Crippen LogP contribution in [0.3, 0.4) is 0 Å². The standard InChI is InChI=1S/C17H24N4O3/c1-13-2-3-15(19-18-13)21-9-14-10-24-12-17(14,11-21)8-16(22)20-4-6-23-7-5-20/h2-3,14H,4-12H2,1H3/t14-,17+/m1/s1. The summed E-state index contributed by atoms with van der Waals surface area (Å²) in [5, 5.41) is 8.47. The first-order chi connectivity index (χ1) is 11.7. The Balaban J connectivity index is 1.48. The number of aromatic nitrogens is 2. The normalized spacial score (nSPS) is 29.8. The van der Waals surface area contributed by atoms with E-state index >= 15 is 0 Å². The van der Waals surface area contributed by atoms with Crippen LogP contribution in [0.2, 0.25) is 0 Å². The minimum absolute atomic E-state index is 0.0953. The van der Waals surface area contributed by atoms with E-state index in [2.05, 4.69) is 15.1 Å². The van der Waals surface area contributed by atoms with E-state index in [4.69, 9.17) is 9.47 Å². The lowest BCUT2D eigenvalue weighted by Gasteiger charge is -2.32. The number of morpholine rings is 1. The third kappa shape index (κ3) is 2.86. The Kier molecular flexibility index (Phi) is 4.14. The minimum Gasteiger partial charge on any atom is -0.380 e. The molecule has 1 amide bonds. The molecule has 1 aromatic rings. The average Bonchev–Trinajstić information content (AvgIpc) is 3.13. The molecule has 0 spiro atoms. The second kappa shape index (κ2) is 6.29.